The van der Waals surface area contributed by atoms with Crippen molar-refractivity contribution in [1.29, 1.82) is 0 Å². The molecule has 0 bridgehead atoms. The van der Waals surface area contributed by atoms with Crippen molar-refractivity contribution in [1.82, 2.24) is 0 Å². The number of alkyl halides is 3. The van der Waals surface area contributed by atoms with Gasteiger partial charge in [-0.2, -0.15) is 13.2 Å². The molecule has 0 aliphatic carbocycles. The topological polar surface area (TPSA) is 58.9 Å². The molecule has 1 heterocycles. The third-order valence-electron chi connectivity index (χ3n) is 2.89. The molecule has 0 amide bonds. The normalized spacial score (nSPS) is 18.6. The molecule has 1 aliphatic rings. The van der Waals surface area contributed by atoms with E-state index in [-0.39, 0.29) is 30.9 Å². The second-order valence-electron chi connectivity index (χ2n) is 4.33. The zero-order valence-electron chi connectivity index (χ0n) is 10.4. The number of benzene rings is 1. The Kier molecular flexibility index (Phi) is 3.96. The Hall–Kier alpha value is -2.05. The maximum absolute atomic E-state index is 12.9. The van der Waals surface area contributed by atoms with Crippen LogP contribution in [-0.2, 0) is 15.7 Å². The van der Waals surface area contributed by atoms with Gasteiger partial charge in [0.15, 0.2) is 5.90 Å². The number of carbonyl (C=O) groups is 1. The van der Waals surface area contributed by atoms with Crippen molar-refractivity contribution in [3.8, 4) is 0 Å². The molecule has 108 valence electrons. The molecular formula is C13H12F3NO3. The molecule has 20 heavy (non-hydrogen) atoms. The van der Waals surface area contributed by atoms with E-state index in [1.54, 1.807) is 0 Å². The Morgan fingerprint density at radius 1 is 1.40 bits per heavy atom. The van der Waals surface area contributed by atoms with Gasteiger partial charge < -0.3 is 9.84 Å². The molecule has 1 N–H and O–H groups in total. The third-order valence-corrected chi connectivity index (χ3v) is 2.89. The maximum atomic E-state index is 12.9. The Labute approximate surface area is 112 Å². The number of halogens is 3. The van der Waals surface area contributed by atoms with Crippen molar-refractivity contribution in [3.05, 3.63) is 35.4 Å². The minimum absolute atomic E-state index is 0.00203. The van der Waals surface area contributed by atoms with Gasteiger partial charge >= 0.3 is 12.1 Å². The number of rotatable bonds is 4. The van der Waals surface area contributed by atoms with Crippen LogP contribution in [-0.4, -0.2) is 23.6 Å². The SMILES string of the molecule is O=C(O)CCC1=NC(c2ccccc2C(F)(F)F)CO1. The fourth-order valence-corrected chi connectivity index (χ4v) is 1.98. The van der Waals surface area contributed by atoms with Gasteiger partial charge in [0.25, 0.3) is 0 Å². The molecule has 0 saturated heterocycles. The van der Waals surface area contributed by atoms with E-state index < -0.39 is 23.8 Å². The molecule has 0 aromatic heterocycles. The highest BCUT2D eigenvalue weighted by atomic mass is 19.4. The number of carboxylic acid groups (broad SMARTS) is 1. The summed E-state index contributed by atoms with van der Waals surface area (Å²) in [6.07, 6.45) is -4.53. The summed E-state index contributed by atoms with van der Waals surface area (Å²) in [6, 6.07) is 4.45. The van der Waals surface area contributed by atoms with Crippen LogP contribution in [0.4, 0.5) is 13.2 Å². The summed E-state index contributed by atoms with van der Waals surface area (Å²) in [7, 11) is 0. The van der Waals surface area contributed by atoms with Crippen molar-refractivity contribution in [2.75, 3.05) is 6.61 Å². The number of aliphatic imine (C=N–C) groups is 1. The van der Waals surface area contributed by atoms with E-state index in [0.29, 0.717) is 0 Å². The summed E-state index contributed by atoms with van der Waals surface area (Å²) in [5.41, 5.74) is -0.692. The van der Waals surface area contributed by atoms with Crippen LogP contribution in [0.3, 0.4) is 0 Å². The molecule has 7 heteroatoms. The van der Waals surface area contributed by atoms with E-state index >= 15 is 0 Å². The molecule has 1 aliphatic heterocycles. The van der Waals surface area contributed by atoms with Crippen molar-refractivity contribution in [2.24, 2.45) is 4.99 Å². The highest BCUT2D eigenvalue weighted by molar-refractivity contribution is 5.82. The fraction of sp³-hybridized carbons (Fsp3) is 0.385. The number of nitrogens with zero attached hydrogens (tertiary/aromatic N) is 1. The summed E-state index contributed by atoms with van der Waals surface area (Å²) in [6.45, 7) is 0.00203. The van der Waals surface area contributed by atoms with Gasteiger partial charge in [-0.1, -0.05) is 18.2 Å². The number of carboxylic acids is 1. The Morgan fingerprint density at radius 2 is 2.10 bits per heavy atom. The number of ether oxygens (including phenoxy) is 1. The quantitative estimate of drug-likeness (QED) is 0.926. The molecule has 1 aromatic carbocycles. The standard InChI is InChI=1S/C13H12F3NO3/c14-13(15,16)9-4-2-1-3-8(9)10-7-20-11(17-10)5-6-12(18)19/h1-4,10H,5-7H2,(H,18,19). The Balaban J connectivity index is 2.19. The first-order valence-electron chi connectivity index (χ1n) is 5.95. The van der Waals surface area contributed by atoms with Crippen LogP contribution in [0.5, 0.6) is 0 Å². The van der Waals surface area contributed by atoms with Crippen LogP contribution in [0, 0.1) is 0 Å². The van der Waals surface area contributed by atoms with Crippen LogP contribution < -0.4 is 0 Å². The summed E-state index contributed by atoms with van der Waals surface area (Å²) in [5.74, 6) is -0.815. The van der Waals surface area contributed by atoms with Crippen molar-refractivity contribution < 1.29 is 27.8 Å². The van der Waals surface area contributed by atoms with E-state index in [2.05, 4.69) is 4.99 Å². The summed E-state index contributed by atoms with van der Waals surface area (Å²) < 4.78 is 43.8. The van der Waals surface area contributed by atoms with E-state index in [1.807, 2.05) is 0 Å². The molecule has 0 radical (unpaired) electrons. The highest BCUT2D eigenvalue weighted by Crippen LogP contribution is 2.37. The van der Waals surface area contributed by atoms with Crippen LogP contribution in [0.25, 0.3) is 0 Å². The first-order valence-corrected chi connectivity index (χ1v) is 5.95. The lowest BCUT2D eigenvalue weighted by molar-refractivity contribution is -0.138. The summed E-state index contributed by atoms with van der Waals surface area (Å²) >= 11 is 0. The molecule has 1 aromatic rings. The average Bonchev–Trinajstić information content (AvgIpc) is 2.84. The van der Waals surface area contributed by atoms with Crippen LogP contribution in [0.15, 0.2) is 29.3 Å². The zero-order chi connectivity index (χ0) is 14.8. The first kappa shape index (κ1) is 14.4. The van der Waals surface area contributed by atoms with Crippen molar-refractivity contribution >= 4 is 11.9 Å². The fourth-order valence-electron chi connectivity index (χ4n) is 1.98. The molecule has 1 unspecified atom stereocenters. The number of hydrogen-bond acceptors (Lipinski definition) is 3. The molecule has 0 saturated carbocycles. The van der Waals surface area contributed by atoms with Gasteiger partial charge in [0, 0.05) is 6.42 Å². The molecule has 0 spiro atoms. The number of hydrogen-bond donors (Lipinski definition) is 1. The third kappa shape index (κ3) is 3.28. The monoisotopic (exact) mass is 287 g/mol. The summed E-state index contributed by atoms with van der Waals surface area (Å²) in [5, 5.41) is 8.55. The lowest BCUT2D eigenvalue weighted by Gasteiger charge is -2.14. The lowest BCUT2D eigenvalue weighted by atomic mass is 10.0. The average molecular weight is 287 g/mol. The van der Waals surface area contributed by atoms with Gasteiger partial charge in [-0.25, -0.2) is 4.99 Å². The lowest BCUT2D eigenvalue weighted by Crippen LogP contribution is -2.11. The van der Waals surface area contributed by atoms with Crippen LogP contribution in [0.2, 0.25) is 0 Å². The maximum Gasteiger partial charge on any atom is 0.416 e. The smallest absolute Gasteiger partial charge is 0.416 e. The van der Waals surface area contributed by atoms with E-state index in [1.165, 1.54) is 18.2 Å². The second kappa shape index (κ2) is 5.52. The largest absolute Gasteiger partial charge is 0.481 e. The summed E-state index contributed by atoms with van der Waals surface area (Å²) in [4.78, 5) is 14.5. The molecular weight excluding hydrogens is 275 g/mol. The van der Waals surface area contributed by atoms with Crippen molar-refractivity contribution in [3.63, 3.8) is 0 Å². The Bertz CT molecular complexity index is 540. The van der Waals surface area contributed by atoms with Gasteiger partial charge in [0.05, 0.1) is 12.0 Å². The molecule has 0 fully saturated rings. The molecule has 2 rings (SSSR count). The van der Waals surface area contributed by atoms with Crippen LogP contribution >= 0.6 is 0 Å². The predicted molar refractivity (Wildman–Crippen MR) is 64.4 cm³/mol. The van der Waals surface area contributed by atoms with Gasteiger partial charge in [-0.15, -0.1) is 0 Å². The number of aliphatic carboxylic acids is 1. The van der Waals surface area contributed by atoms with Gasteiger partial charge in [-0.05, 0) is 11.6 Å². The van der Waals surface area contributed by atoms with E-state index in [4.69, 9.17) is 9.84 Å². The predicted octanol–water partition coefficient (Wildman–Crippen LogP) is 3.04. The van der Waals surface area contributed by atoms with E-state index in [0.717, 1.165) is 6.07 Å². The van der Waals surface area contributed by atoms with Crippen LogP contribution in [0.1, 0.15) is 30.0 Å². The molecule has 4 nitrogen and oxygen atoms in total. The highest BCUT2D eigenvalue weighted by Gasteiger charge is 2.36. The van der Waals surface area contributed by atoms with Gasteiger partial charge in [0.1, 0.15) is 12.6 Å². The zero-order valence-corrected chi connectivity index (χ0v) is 10.4. The van der Waals surface area contributed by atoms with Gasteiger partial charge in [-0.3, -0.25) is 4.79 Å². The van der Waals surface area contributed by atoms with Crippen molar-refractivity contribution in [2.45, 2.75) is 25.1 Å². The molecule has 1 atom stereocenters. The minimum atomic E-state index is -4.45. The minimum Gasteiger partial charge on any atom is -0.481 e. The first-order chi connectivity index (χ1) is 9.38. The second-order valence-corrected chi connectivity index (χ2v) is 4.33. The van der Waals surface area contributed by atoms with E-state index in [9.17, 15) is 18.0 Å². The Morgan fingerprint density at radius 3 is 2.75 bits per heavy atom. The van der Waals surface area contributed by atoms with Gasteiger partial charge in [0.2, 0.25) is 0 Å².